The van der Waals surface area contributed by atoms with E-state index in [0.29, 0.717) is 30.0 Å². The maximum Gasteiger partial charge on any atom is 0.181 e. The molecule has 0 spiro atoms. The van der Waals surface area contributed by atoms with Crippen LogP contribution in [0.5, 0.6) is 0 Å². The van der Waals surface area contributed by atoms with E-state index < -0.39 is 0 Å². The Morgan fingerprint density at radius 2 is 2.12 bits per heavy atom. The van der Waals surface area contributed by atoms with Gasteiger partial charge in [0.05, 0.1) is 0 Å². The lowest BCUT2D eigenvalue weighted by Crippen LogP contribution is -2.14. The Bertz CT molecular complexity index is 875. The van der Waals surface area contributed by atoms with Gasteiger partial charge in [0.25, 0.3) is 0 Å². The number of halogens is 1. The van der Waals surface area contributed by atoms with E-state index in [2.05, 4.69) is 15.0 Å². The molecule has 3 rings (SSSR count). The minimum atomic E-state index is -0.213. The van der Waals surface area contributed by atoms with Crippen molar-refractivity contribution in [1.29, 1.82) is 5.41 Å². The molecular formula is C18H16ClN5O. The van der Waals surface area contributed by atoms with Crippen LogP contribution in [0.1, 0.15) is 24.1 Å². The van der Waals surface area contributed by atoms with Crippen LogP contribution in [-0.2, 0) is 11.2 Å². The number of pyridine rings is 2. The van der Waals surface area contributed by atoms with E-state index in [4.69, 9.17) is 17.0 Å². The zero-order chi connectivity index (χ0) is 17.6. The van der Waals surface area contributed by atoms with E-state index in [1.54, 1.807) is 24.7 Å². The van der Waals surface area contributed by atoms with E-state index in [1.165, 1.54) is 6.20 Å². The number of aromatic nitrogens is 4. The largest absolute Gasteiger partial charge is 0.297 e. The van der Waals surface area contributed by atoms with E-state index >= 15 is 0 Å². The molecule has 0 aliphatic rings. The highest BCUT2D eigenvalue weighted by atomic mass is 35.5. The Labute approximate surface area is 150 Å². The van der Waals surface area contributed by atoms with Crippen molar-refractivity contribution in [3.05, 3.63) is 71.7 Å². The van der Waals surface area contributed by atoms with Gasteiger partial charge in [0, 0.05) is 36.3 Å². The third kappa shape index (κ3) is 4.36. The molecule has 6 nitrogen and oxygen atoms in total. The number of hydrogen-bond acceptors (Lipinski definition) is 5. The molecule has 0 saturated heterocycles. The van der Waals surface area contributed by atoms with Crippen LogP contribution >= 0.6 is 11.6 Å². The SMILES string of the molecule is N=C(C(=O)CCCc1cccc(-n2ccnc2)n1)c1ccc(Cl)nc1. The molecule has 0 saturated carbocycles. The average Bonchev–Trinajstić information content (AvgIpc) is 3.17. The molecule has 0 fully saturated rings. The summed E-state index contributed by atoms with van der Waals surface area (Å²) < 4.78 is 1.83. The fourth-order valence-electron chi connectivity index (χ4n) is 2.38. The molecule has 126 valence electrons. The third-order valence-corrected chi connectivity index (χ3v) is 3.92. The minimum absolute atomic E-state index is 0.0377. The van der Waals surface area contributed by atoms with Crippen LogP contribution in [0.15, 0.2) is 55.2 Å². The van der Waals surface area contributed by atoms with Crippen molar-refractivity contribution in [3.63, 3.8) is 0 Å². The van der Waals surface area contributed by atoms with Crippen LogP contribution in [0.4, 0.5) is 0 Å². The second kappa shape index (κ2) is 7.81. The molecule has 0 aliphatic carbocycles. The second-order valence-electron chi connectivity index (χ2n) is 5.48. The summed E-state index contributed by atoms with van der Waals surface area (Å²) >= 11 is 5.72. The summed E-state index contributed by atoms with van der Waals surface area (Å²) in [6.07, 6.45) is 8.25. The van der Waals surface area contributed by atoms with Crippen molar-refractivity contribution in [2.24, 2.45) is 0 Å². The number of Topliss-reactive ketones (excluding diaryl/α,β-unsaturated/α-hetero) is 1. The first kappa shape index (κ1) is 17.0. The number of carbonyl (C=O) groups excluding carboxylic acids is 1. The highest BCUT2D eigenvalue weighted by Crippen LogP contribution is 2.11. The van der Waals surface area contributed by atoms with Gasteiger partial charge in [-0.1, -0.05) is 17.7 Å². The molecule has 0 unspecified atom stereocenters. The maximum absolute atomic E-state index is 12.2. The van der Waals surface area contributed by atoms with Crippen molar-refractivity contribution in [3.8, 4) is 5.82 Å². The van der Waals surface area contributed by atoms with Crippen molar-refractivity contribution >= 4 is 23.1 Å². The molecule has 0 bridgehead atoms. The predicted molar refractivity (Wildman–Crippen MR) is 95.4 cm³/mol. The number of imidazole rings is 1. The highest BCUT2D eigenvalue weighted by Gasteiger charge is 2.12. The van der Waals surface area contributed by atoms with Gasteiger partial charge in [-0.05, 0) is 37.1 Å². The van der Waals surface area contributed by atoms with Gasteiger partial charge >= 0.3 is 0 Å². The molecule has 0 aromatic carbocycles. The molecule has 1 N–H and O–H groups in total. The monoisotopic (exact) mass is 353 g/mol. The molecule has 0 aliphatic heterocycles. The first-order chi connectivity index (χ1) is 12.1. The van der Waals surface area contributed by atoms with Crippen molar-refractivity contribution in [1.82, 2.24) is 19.5 Å². The highest BCUT2D eigenvalue weighted by molar-refractivity contribution is 6.44. The van der Waals surface area contributed by atoms with E-state index in [0.717, 1.165) is 11.5 Å². The molecule has 3 aromatic rings. The van der Waals surface area contributed by atoms with E-state index in [1.807, 2.05) is 29.0 Å². The van der Waals surface area contributed by atoms with Crippen LogP contribution in [-0.4, -0.2) is 31.0 Å². The smallest absolute Gasteiger partial charge is 0.181 e. The number of aryl methyl sites for hydroxylation is 1. The van der Waals surface area contributed by atoms with Gasteiger partial charge < -0.3 is 0 Å². The Kier molecular flexibility index (Phi) is 5.30. The quantitative estimate of drug-likeness (QED) is 0.521. The lowest BCUT2D eigenvalue weighted by atomic mass is 10.0. The van der Waals surface area contributed by atoms with E-state index in [-0.39, 0.29) is 11.5 Å². The van der Waals surface area contributed by atoms with Gasteiger partial charge in [-0.3, -0.25) is 14.8 Å². The summed E-state index contributed by atoms with van der Waals surface area (Å²) in [7, 11) is 0. The summed E-state index contributed by atoms with van der Waals surface area (Å²) in [5.41, 5.74) is 1.35. The summed E-state index contributed by atoms with van der Waals surface area (Å²) in [6.45, 7) is 0. The Balaban J connectivity index is 1.56. The number of rotatable bonds is 7. The lowest BCUT2D eigenvalue weighted by molar-refractivity contribution is -0.113. The number of hydrogen-bond donors (Lipinski definition) is 1. The third-order valence-electron chi connectivity index (χ3n) is 3.69. The zero-order valence-electron chi connectivity index (χ0n) is 13.4. The topological polar surface area (TPSA) is 84.5 Å². The van der Waals surface area contributed by atoms with Crippen molar-refractivity contribution < 1.29 is 4.79 Å². The summed E-state index contributed by atoms with van der Waals surface area (Å²) in [6, 6.07) is 8.97. The van der Waals surface area contributed by atoms with Crippen LogP contribution < -0.4 is 0 Å². The average molecular weight is 354 g/mol. The van der Waals surface area contributed by atoms with Gasteiger partial charge in [-0.25, -0.2) is 15.0 Å². The zero-order valence-corrected chi connectivity index (χ0v) is 14.1. The van der Waals surface area contributed by atoms with Crippen molar-refractivity contribution in [2.75, 3.05) is 0 Å². The molecule has 3 heterocycles. The predicted octanol–water partition coefficient (Wildman–Crippen LogP) is 3.28. The number of nitrogens with zero attached hydrogens (tertiary/aromatic N) is 4. The number of nitrogens with one attached hydrogen (secondary N) is 1. The van der Waals surface area contributed by atoms with Gasteiger partial charge in [-0.2, -0.15) is 0 Å². The van der Waals surface area contributed by atoms with Crippen LogP contribution in [0.25, 0.3) is 5.82 Å². The number of ketones is 1. The first-order valence-corrected chi connectivity index (χ1v) is 8.19. The standard InChI is InChI=1S/C18H16ClN5O/c19-16-8-7-13(11-22-16)18(20)15(25)5-1-3-14-4-2-6-17(23-14)24-10-9-21-12-24/h2,4,6-12,20H,1,3,5H2. The van der Waals surface area contributed by atoms with Gasteiger partial charge in [0.15, 0.2) is 5.78 Å². The van der Waals surface area contributed by atoms with Crippen LogP contribution in [0.3, 0.4) is 0 Å². The van der Waals surface area contributed by atoms with E-state index in [9.17, 15) is 4.79 Å². The molecule has 25 heavy (non-hydrogen) atoms. The molecular weight excluding hydrogens is 338 g/mol. The molecule has 0 atom stereocenters. The number of carbonyl (C=O) groups is 1. The second-order valence-corrected chi connectivity index (χ2v) is 5.87. The van der Waals surface area contributed by atoms with Gasteiger partial charge in [0.2, 0.25) is 0 Å². The molecule has 7 heteroatoms. The summed E-state index contributed by atoms with van der Waals surface area (Å²) in [5, 5.41) is 8.30. The fourth-order valence-corrected chi connectivity index (χ4v) is 2.50. The first-order valence-electron chi connectivity index (χ1n) is 7.81. The normalized spacial score (nSPS) is 10.6. The Hall–Kier alpha value is -2.86. The molecule has 0 radical (unpaired) electrons. The van der Waals surface area contributed by atoms with Gasteiger partial charge in [-0.15, -0.1) is 0 Å². The molecule has 3 aromatic heterocycles. The van der Waals surface area contributed by atoms with Crippen LogP contribution in [0.2, 0.25) is 5.15 Å². The van der Waals surface area contributed by atoms with Gasteiger partial charge in [0.1, 0.15) is 23.0 Å². The Morgan fingerprint density at radius 3 is 2.84 bits per heavy atom. The van der Waals surface area contributed by atoms with Crippen LogP contribution in [0, 0.1) is 5.41 Å². The minimum Gasteiger partial charge on any atom is -0.297 e. The summed E-state index contributed by atoms with van der Waals surface area (Å²) in [5.74, 6) is 0.580. The van der Waals surface area contributed by atoms with Crippen molar-refractivity contribution in [2.45, 2.75) is 19.3 Å². The maximum atomic E-state index is 12.2. The Morgan fingerprint density at radius 1 is 1.24 bits per heavy atom. The fraction of sp³-hybridized carbons (Fsp3) is 0.167. The summed E-state index contributed by atoms with van der Waals surface area (Å²) in [4.78, 5) is 24.6. The lowest BCUT2D eigenvalue weighted by Gasteiger charge is -2.06. The molecule has 0 amide bonds.